The molecule has 0 fully saturated rings. The third-order valence-electron chi connectivity index (χ3n) is 2.87. The van der Waals surface area contributed by atoms with Crippen molar-refractivity contribution in [1.29, 1.82) is 0 Å². The molecule has 1 amide bonds. The lowest BCUT2D eigenvalue weighted by molar-refractivity contribution is -0.139. The highest BCUT2D eigenvalue weighted by molar-refractivity contribution is 7.91. The zero-order valence-corrected chi connectivity index (χ0v) is 12.9. The fraction of sp³-hybridized carbons (Fsp3) is 0.385. The van der Waals surface area contributed by atoms with Crippen LogP contribution in [0.1, 0.15) is 23.7 Å². The van der Waals surface area contributed by atoms with E-state index >= 15 is 0 Å². The first-order valence-electron chi connectivity index (χ1n) is 6.25. The summed E-state index contributed by atoms with van der Waals surface area (Å²) in [5.41, 5.74) is 0.254. The number of aliphatic carboxylic acids is 1. The van der Waals surface area contributed by atoms with Gasteiger partial charge in [-0.15, -0.1) is 0 Å². The van der Waals surface area contributed by atoms with Crippen molar-refractivity contribution in [3.05, 3.63) is 34.9 Å². The van der Waals surface area contributed by atoms with Crippen molar-refractivity contribution >= 4 is 33.3 Å². The summed E-state index contributed by atoms with van der Waals surface area (Å²) >= 11 is 5.70. The Labute approximate surface area is 128 Å². The van der Waals surface area contributed by atoms with E-state index in [-0.39, 0.29) is 23.5 Å². The number of hydrogen-bond acceptors (Lipinski definition) is 4. The molecule has 1 unspecified atom stereocenters. The molecule has 6 nitrogen and oxygen atoms in total. The molecule has 0 aromatic heterocycles. The Kier molecular flexibility index (Phi) is 6.17. The molecule has 2 N–H and O–H groups in total. The Balaban J connectivity index is 2.72. The van der Waals surface area contributed by atoms with Gasteiger partial charge in [-0.25, -0.2) is 13.2 Å². The number of hydrogen-bond donors (Lipinski definition) is 2. The van der Waals surface area contributed by atoms with Crippen LogP contribution in [0.3, 0.4) is 0 Å². The molecule has 0 spiro atoms. The van der Waals surface area contributed by atoms with Gasteiger partial charge < -0.3 is 10.4 Å². The minimum atomic E-state index is -3.29. The molecule has 116 valence electrons. The van der Waals surface area contributed by atoms with Gasteiger partial charge in [0.25, 0.3) is 5.91 Å². The number of rotatable bonds is 7. The highest BCUT2D eigenvalue weighted by Crippen LogP contribution is 2.10. The molecule has 0 bridgehead atoms. The van der Waals surface area contributed by atoms with E-state index in [0.717, 1.165) is 0 Å². The molecule has 0 aliphatic rings. The minimum Gasteiger partial charge on any atom is -0.480 e. The summed E-state index contributed by atoms with van der Waals surface area (Å²) in [5.74, 6) is -2.22. The second-order valence-corrected chi connectivity index (χ2v) is 7.31. The summed E-state index contributed by atoms with van der Waals surface area (Å²) < 4.78 is 22.8. The molecular formula is C13H16ClNO5S. The van der Waals surface area contributed by atoms with E-state index in [0.29, 0.717) is 5.02 Å². The van der Waals surface area contributed by atoms with Crippen LogP contribution in [-0.2, 0) is 14.6 Å². The van der Waals surface area contributed by atoms with Crippen molar-refractivity contribution in [3.63, 3.8) is 0 Å². The topological polar surface area (TPSA) is 101 Å². The highest BCUT2D eigenvalue weighted by atomic mass is 35.5. The number of halogens is 1. The predicted octanol–water partition coefficient (Wildman–Crippen LogP) is 1.35. The minimum absolute atomic E-state index is 0.0650. The van der Waals surface area contributed by atoms with Gasteiger partial charge in [0.15, 0.2) is 0 Å². The number of nitrogens with one attached hydrogen (secondary N) is 1. The molecular weight excluding hydrogens is 318 g/mol. The Bertz CT molecular complexity index is 612. The molecule has 0 radical (unpaired) electrons. The molecule has 1 aromatic rings. The lowest BCUT2D eigenvalue weighted by atomic mass is 10.1. The van der Waals surface area contributed by atoms with Crippen LogP contribution in [0.4, 0.5) is 0 Å². The van der Waals surface area contributed by atoms with E-state index in [1.165, 1.54) is 31.2 Å². The van der Waals surface area contributed by atoms with Crippen LogP contribution < -0.4 is 5.32 Å². The van der Waals surface area contributed by atoms with Crippen LogP contribution in [0.5, 0.6) is 0 Å². The summed E-state index contributed by atoms with van der Waals surface area (Å²) in [6.07, 6.45) is -0.176. The quantitative estimate of drug-likeness (QED) is 0.784. The van der Waals surface area contributed by atoms with Gasteiger partial charge in [0, 0.05) is 16.3 Å². The molecule has 0 aliphatic carbocycles. The molecule has 1 rings (SSSR count). The van der Waals surface area contributed by atoms with Crippen molar-refractivity contribution < 1.29 is 23.1 Å². The van der Waals surface area contributed by atoms with Gasteiger partial charge in [-0.3, -0.25) is 4.79 Å². The van der Waals surface area contributed by atoms with Gasteiger partial charge in [-0.1, -0.05) is 18.5 Å². The Morgan fingerprint density at radius 2 is 1.86 bits per heavy atom. The third kappa shape index (κ3) is 5.73. The smallest absolute Gasteiger partial charge is 0.326 e. The first-order valence-corrected chi connectivity index (χ1v) is 8.44. The Morgan fingerprint density at radius 1 is 1.29 bits per heavy atom. The number of carbonyl (C=O) groups excluding carboxylic acids is 1. The summed E-state index contributed by atoms with van der Waals surface area (Å²) in [6, 6.07) is 4.68. The number of amides is 1. The number of carbonyl (C=O) groups is 2. The SMILES string of the molecule is CCS(=O)(=O)CCC(NC(=O)c1ccc(Cl)cc1)C(=O)O. The van der Waals surface area contributed by atoms with Gasteiger partial charge in [-0.05, 0) is 30.7 Å². The zero-order valence-electron chi connectivity index (χ0n) is 11.4. The maximum absolute atomic E-state index is 11.9. The summed E-state index contributed by atoms with van der Waals surface area (Å²) in [7, 11) is -3.29. The van der Waals surface area contributed by atoms with Gasteiger partial charge >= 0.3 is 5.97 Å². The molecule has 1 aromatic carbocycles. The lowest BCUT2D eigenvalue weighted by Crippen LogP contribution is -2.42. The normalized spacial score (nSPS) is 12.7. The van der Waals surface area contributed by atoms with Gasteiger partial charge in [-0.2, -0.15) is 0 Å². The highest BCUT2D eigenvalue weighted by Gasteiger charge is 2.23. The van der Waals surface area contributed by atoms with Crippen LogP contribution in [0.15, 0.2) is 24.3 Å². The summed E-state index contributed by atoms with van der Waals surface area (Å²) in [5, 5.41) is 11.8. The van der Waals surface area contributed by atoms with Crippen LogP contribution in [-0.4, -0.2) is 42.9 Å². The maximum atomic E-state index is 11.9. The Morgan fingerprint density at radius 3 is 2.33 bits per heavy atom. The molecule has 0 saturated carbocycles. The van der Waals surface area contributed by atoms with Crippen molar-refractivity contribution in [3.8, 4) is 0 Å². The first-order chi connectivity index (χ1) is 9.75. The summed E-state index contributed by atoms with van der Waals surface area (Å²) in [4.78, 5) is 23.0. The van der Waals surface area contributed by atoms with Gasteiger partial charge in [0.05, 0.1) is 5.75 Å². The van der Waals surface area contributed by atoms with Crippen molar-refractivity contribution in [2.75, 3.05) is 11.5 Å². The van der Waals surface area contributed by atoms with Crippen LogP contribution >= 0.6 is 11.6 Å². The number of carboxylic acid groups (broad SMARTS) is 1. The third-order valence-corrected chi connectivity index (χ3v) is 4.86. The van der Waals surface area contributed by atoms with Crippen LogP contribution in [0.2, 0.25) is 5.02 Å². The van der Waals surface area contributed by atoms with Crippen LogP contribution in [0, 0.1) is 0 Å². The molecule has 0 saturated heterocycles. The molecule has 21 heavy (non-hydrogen) atoms. The maximum Gasteiger partial charge on any atom is 0.326 e. The molecule has 1 atom stereocenters. The number of sulfone groups is 1. The van der Waals surface area contributed by atoms with E-state index in [4.69, 9.17) is 16.7 Å². The van der Waals surface area contributed by atoms with E-state index in [9.17, 15) is 18.0 Å². The second-order valence-electron chi connectivity index (χ2n) is 4.40. The van der Waals surface area contributed by atoms with E-state index < -0.39 is 27.8 Å². The molecule has 8 heteroatoms. The summed E-state index contributed by atoms with van der Waals surface area (Å²) in [6.45, 7) is 1.48. The molecule has 0 aliphatic heterocycles. The lowest BCUT2D eigenvalue weighted by Gasteiger charge is -2.14. The number of benzene rings is 1. The monoisotopic (exact) mass is 333 g/mol. The van der Waals surface area contributed by atoms with E-state index in [1.54, 1.807) is 0 Å². The first kappa shape index (κ1) is 17.5. The zero-order chi connectivity index (χ0) is 16.0. The van der Waals surface area contributed by atoms with Gasteiger partial charge in [0.2, 0.25) is 0 Å². The van der Waals surface area contributed by atoms with Crippen molar-refractivity contribution in [2.24, 2.45) is 0 Å². The van der Waals surface area contributed by atoms with Crippen molar-refractivity contribution in [2.45, 2.75) is 19.4 Å². The number of carboxylic acids is 1. The predicted molar refractivity (Wildman–Crippen MR) is 79.3 cm³/mol. The largest absolute Gasteiger partial charge is 0.480 e. The fourth-order valence-corrected chi connectivity index (χ4v) is 2.55. The van der Waals surface area contributed by atoms with E-state index in [1.807, 2.05) is 0 Å². The van der Waals surface area contributed by atoms with Gasteiger partial charge in [0.1, 0.15) is 15.9 Å². The average molecular weight is 334 g/mol. The van der Waals surface area contributed by atoms with Crippen LogP contribution in [0.25, 0.3) is 0 Å². The fourth-order valence-electron chi connectivity index (χ4n) is 1.54. The van der Waals surface area contributed by atoms with E-state index in [2.05, 4.69) is 5.32 Å². The molecule has 0 heterocycles. The Hall–Kier alpha value is -1.60. The standard InChI is InChI=1S/C13H16ClNO5S/c1-2-21(19,20)8-7-11(13(17)18)15-12(16)9-3-5-10(14)6-4-9/h3-6,11H,2,7-8H2,1H3,(H,15,16)(H,17,18). The van der Waals surface area contributed by atoms with Crippen molar-refractivity contribution in [1.82, 2.24) is 5.32 Å². The average Bonchev–Trinajstić information content (AvgIpc) is 2.43. The second kappa shape index (κ2) is 7.42.